The van der Waals surface area contributed by atoms with Crippen LogP contribution in [0.3, 0.4) is 0 Å². The second kappa shape index (κ2) is 5.53. The Balaban J connectivity index is 2.53. The van der Waals surface area contributed by atoms with Gasteiger partial charge in [0, 0.05) is 15.8 Å². The number of hydrogen-bond donors (Lipinski definition) is 1. The minimum atomic E-state index is 0.841. The van der Waals surface area contributed by atoms with Gasteiger partial charge in [-0.2, -0.15) is 0 Å². The summed E-state index contributed by atoms with van der Waals surface area (Å²) >= 11 is 7.72. The van der Waals surface area contributed by atoms with Crippen molar-refractivity contribution in [2.75, 3.05) is 12.4 Å². The maximum atomic E-state index is 5.92. The SMILES string of the molecule is CCNCSc1ccc(Cl)c(C)c1. The zero-order valence-corrected chi connectivity index (χ0v) is 9.50. The van der Waals surface area contributed by atoms with Crippen molar-refractivity contribution in [2.24, 2.45) is 0 Å². The fourth-order valence-corrected chi connectivity index (χ4v) is 1.96. The normalized spacial score (nSPS) is 10.4. The molecule has 1 aromatic rings. The molecule has 0 aliphatic carbocycles. The first-order valence-electron chi connectivity index (χ1n) is 4.33. The van der Waals surface area contributed by atoms with Gasteiger partial charge in [0.05, 0.1) is 0 Å². The van der Waals surface area contributed by atoms with Crippen LogP contribution in [0.25, 0.3) is 0 Å². The quantitative estimate of drug-likeness (QED) is 0.470. The van der Waals surface area contributed by atoms with E-state index >= 15 is 0 Å². The predicted molar refractivity (Wildman–Crippen MR) is 60.6 cm³/mol. The molecule has 0 saturated carbocycles. The third-order valence-corrected chi connectivity index (χ3v) is 3.08. The Morgan fingerprint density at radius 3 is 2.85 bits per heavy atom. The van der Waals surface area contributed by atoms with Gasteiger partial charge >= 0.3 is 0 Å². The summed E-state index contributed by atoms with van der Waals surface area (Å²) < 4.78 is 0. The third-order valence-electron chi connectivity index (χ3n) is 1.72. The van der Waals surface area contributed by atoms with Crippen molar-refractivity contribution in [3.63, 3.8) is 0 Å². The summed E-state index contributed by atoms with van der Waals surface area (Å²) in [5.74, 6) is 0.956. The number of thioether (sulfide) groups is 1. The van der Waals surface area contributed by atoms with Crippen molar-refractivity contribution in [3.05, 3.63) is 28.8 Å². The van der Waals surface area contributed by atoms with Gasteiger partial charge in [-0.3, -0.25) is 0 Å². The second-order valence-corrected chi connectivity index (χ2v) is 4.26. The molecule has 0 aromatic heterocycles. The molecule has 1 nitrogen and oxygen atoms in total. The Hall–Kier alpha value is -0.180. The first-order valence-corrected chi connectivity index (χ1v) is 5.70. The van der Waals surface area contributed by atoms with Gasteiger partial charge < -0.3 is 5.32 Å². The molecule has 0 fully saturated rings. The van der Waals surface area contributed by atoms with Crippen LogP contribution in [0.2, 0.25) is 5.02 Å². The molecule has 3 heteroatoms. The van der Waals surface area contributed by atoms with E-state index in [0.29, 0.717) is 0 Å². The lowest BCUT2D eigenvalue weighted by molar-refractivity contribution is 0.839. The molecule has 0 spiro atoms. The maximum absolute atomic E-state index is 5.92. The molecule has 0 saturated heterocycles. The van der Waals surface area contributed by atoms with E-state index in [4.69, 9.17) is 11.6 Å². The van der Waals surface area contributed by atoms with E-state index in [1.165, 1.54) is 4.90 Å². The summed E-state index contributed by atoms with van der Waals surface area (Å²) in [6.07, 6.45) is 0. The largest absolute Gasteiger partial charge is 0.308 e. The van der Waals surface area contributed by atoms with Crippen LogP contribution in [-0.2, 0) is 0 Å². The lowest BCUT2D eigenvalue weighted by Crippen LogP contribution is -2.10. The molecule has 1 rings (SSSR count). The summed E-state index contributed by atoms with van der Waals surface area (Å²) in [6, 6.07) is 6.12. The average Bonchev–Trinajstić information content (AvgIpc) is 2.12. The van der Waals surface area contributed by atoms with E-state index < -0.39 is 0 Å². The highest BCUT2D eigenvalue weighted by molar-refractivity contribution is 7.99. The van der Waals surface area contributed by atoms with E-state index in [-0.39, 0.29) is 0 Å². The Morgan fingerprint density at radius 1 is 1.46 bits per heavy atom. The number of benzene rings is 1. The van der Waals surface area contributed by atoms with Gasteiger partial charge in [0.2, 0.25) is 0 Å². The Morgan fingerprint density at radius 2 is 2.23 bits per heavy atom. The molecular formula is C10H14ClNS. The van der Waals surface area contributed by atoms with Gasteiger partial charge in [-0.05, 0) is 37.2 Å². The van der Waals surface area contributed by atoms with Crippen LogP contribution in [0, 0.1) is 6.92 Å². The van der Waals surface area contributed by atoms with Crippen LogP contribution in [0.4, 0.5) is 0 Å². The third kappa shape index (κ3) is 3.59. The zero-order valence-electron chi connectivity index (χ0n) is 7.93. The van der Waals surface area contributed by atoms with E-state index in [2.05, 4.69) is 24.4 Å². The van der Waals surface area contributed by atoms with Crippen LogP contribution in [0.15, 0.2) is 23.1 Å². The van der Waals surface area contributed by atoms with Gasteiger partial charge in [0.15, 0.2) is 0 Å². The van der Waals surface area contributed by atoms with E-state index in [1.807, 2.05) is 13.0 Å². The smallest absolute Gasteiger partial charge is 0.0465 e. The highest BCUT2D eigenvalue weighted by atomic mass is 35.5. The summed E-state index contributed by atoms with van der Waals surface area (Å²) in [6.45, 7) is 5.15. The minimum absolute atomic E-state index is 0.841. The molecular weight excluding hydrogens is 202 g/mol. The highest BCUT2D eigenvalue weighted by Gasteiger charge is 1.97. The summed E-state index contributed by atoms with van der Waals surface area (Å²) in [5, 5.41) is 4.10. The molecule has 0 aliphatic rings. The summed E-state index contributed by atoms with van der Waals surface area (Å²) in [4.78, 5) is 1.27. The lowest BCUT2D eigenvalue weighted by Gasteiger charge is -2.04. The second-order valence-electron chi connectivity index (χ2n) is 2.80. The van der Waals surface area contributed by atoms with Gasteiger partial charge in [-0.1, -0.05) is 18.5 Å². The summed E-state index contributed by atoms with van der Waals surface area (Å²) in [7, 11) is 0. The molecule has 1 aromatic carbocycles. The molecule has 0 bridgehead atoms. The summed E-state index contributed by atoms with van der Waals surface area (Å²) in [5.41, 5.74) is 1.14. The average molecular weight is 216 g/mol. The molecule has 0 atom stereocenters. The maximum Gasteiger partial charge on any atom is 0.0465 e. The number of nitrogens with one attached hydrogen (secondary N) is 1. The fraction of sp³-hybridized carbons (Fsp3) is 0.400. The monoisotopic (exact) mass is 215 g/mol. The Labute approximate surface area is 88.9 Å². The van der Waals surface area contributed by atoms with Crippen LogP contribution < -0.4 is 5.32 Å². The molecule has 72 valence electrons. The minimum Gasteiger partial charge on any atom is -0.308 e. The topological polar surface area (TPSA) is 12.0 Å². The van der Waals surface area contributed by atoms with Crippen molar-refractivity contribution in [3.8, 4) is 0 Å². The molecule has 0 amide bonds. The Bertz CT molecular complexity index is 276. The molecule has 0 heterocycles. The van der Waals surface area contributed by atoms with E-state index in [9.17, 15) is 0 Å². The zero-order chi connectivity index (χ0) is 9.68. The standard InChI is InChI=1S/C10H14ClNS/c1-3-12-7-13-9-4-5-10(11)8(2)6-9/h4-6,12H,3,7H2,1-2H3. The van der Waals surface area contributed by atoms with Gasteiger partial charge in [-0.15, -0.1) is 11.8 Å². The van der Waals surface area contributed by atoms with Crippen LogP contribution in [0.5, 0.6) is 0 Å². The lowest BCUT2D eigenvalue weighted by atomic mass is 10.2. The van der Waals surface area contributed by atoms with Crippen molar-refractivity contribution in [1.82, 2.24) is 5.32 Å². The van der Waals surface area contributed by atoms with Crippen molar-refractivity contribution in [1.29, 1.82) is 0 Å². The molecule has 1 N–H and O–H groups in total. The predicted octanol–water partition coefficient (Wildman–Crippen LogP) is 3.31. The number of halogens is 1. The van der Waals surface area contributed by atoms with Crippen LogP contribution in [0.1, 0.15) is 12.5 Å². The van der Waals surface area contributed by atoms with E-state index in [1.54, 1.807) is 11.8 Å². The first-order chi connectivity index (χ1) is 6.24. The van der Waals surface area contributed by atoms with Crippen molar-refractivity contribution in [2.45, 2.75) is 18.7 Å². The molecule has 0 radical (unpaired) electrons. The highest BCUT2D eigenvalue weighted by Crippen LogP contribution is 2.22. The number of rotatable bonds is 4. The molecule has 0 aliphatic heterocycles. The van der Waals surface area contributed by atoms with Gasteiger partial charge in [0.25, 0.3) is 0 Å². The van der Waals surface area contributed by atoms with Crippen LogP contribution >= 0.6 is 23.4 Å². The van der Waals surface area contributed by atoms with Crippen molar-refractivity contribution < 1.29 is 0 Å². The number of hydrogen-bond acceptors (Lipinski definition) is 2. The van der Waals surface area contributed by atoms with Gasteiger partial charge in [-0.25, -0.2) is 0 Å². The number of aryl methyl sites for hydroxylation is 1. The molecule has 0 unspecified atom stereocenters. The van der Waals surface area contributed by atoms with E-state index in [0.717, 1.165) is 23.0 Å². The fourth-order valence-electron chi connectivity index (χ4n) is 0.943. The Kier molecular flexibility index (Phi) is 4.64. The van der Waals surface area contributed by atoms with Crippen LogP contribution in [-0.4, -0.2) is 12.4 Å². The van der Waals surface area contributed by atoms with Crippen molar-refractivity contribution >= 4 is 23.4 Å². The first kappa shape index (κ1) is 10.9. The molecule has 13 heavy (non-hydrogen) atoms. The van der Waals surface area contributed by atoms with Gasteiger partial charge in [0.1, 0.15) is 0 Å².